The van der Waals surface area contributed by atoms with Gasteiger partial charge in [0.1, 0.15) is 5.82 Å². The van der Waals surface area contributed by atoms with Gasteiger partial charge in [0, 0.05) is 17.1 Å². The van der Waals surface area contributed by atoms with Gasteiger partial charge in [0.25, 0.3) is 0 Å². The summed E-state index contributed by atoms with van der Waals surface area (Å²) in [6, 6.07) is 19.1. The molecule has 0 aliphatic heterocycles. The van der Waals surface area contributed by atoms with Crippen LogP contribution in [-0.2, 0) is 16.4 Å². The van der Waals surface area contributed by atoms with Crippen molar-refractivity contribution in [3.05, 3.63) is 94.8 Å². The summed E-state index contributed by atoms with van der Waals surface area (Å²) in [6.45, 7) is 2.12. The van der Waals surface area contributed by atoms with Crippen LogP contribution in [0.5, 0.6) is 0 Å². The first-order chi connectivity index (χ1) is 14.8. The second kappa shape index (κ2) is 8.53. The predicted molar refractivity (Wildman–Crippen MR) is 117 cm³/mol. The second-order valence-corrected chi connectivity index (χ2v) is 9.21. The minimum Gasteiger partial charge on any atom is -0.419 e. The normalized spacial score (nSPS) is 11.5. The first kappa shape index (κ1) is 21.1. The summed E-state index contributed by atoms with van der Waals surface area (Å²) in [5.41, 5.74) is 2.33. The summed E-state index contributed by atoms with van der Waals surface area (Å²) >= 11 is 5.90. The van der Waals surface area contributed by atoms with Gasteiger partial charge in [-0.15, -0.1) is 0 Å². The Balaban J connectivity index is 1.77. The van der Waals surface area contributed by atoms with Crippen molar-refractivity contribution in [2.24, 2.45) is 0 Å². The SMILES string of the molecule is Cc1ccccc1-c1nc(S(=O)(=O)c2ccc(Cl)cc2)c(NCc2ccc(F)cc2)o1. The number of aryl methyl sites for hydroxylation is 1. The average Bonchev–Trinajstić information content (AvgIpc) is 3.19. The Morgan fingerprint density at radius 2 is 1.68 bits per heavy atom. The van der Waals surface area contributed by atoms with E-state index in [4.69, 9.17) is 16.0 Å². The lowest BCUT2D eigenvalue weighted by Gasteiger charge is -2.06. The molecule has 5 nitrogen and oxygen atoms in total. The molecule has 8 heteroatoms. The van der Waals surface area contributed by atoms with Gasteiger partial charge in [-0.1, -0.05) is 41.9 Å². The number of aromatic nitrogens is 1. The molecule has 3 aromatic carbocycles. The molecule has 1 aromatic heterocycles. The lowest BCUT2D eigenvalue weighted by atomic mass is 10.1. The van der Waals surface area contributed by atoms with Crippen LogP contribution >= 0.6 is 11.6 Å². The summed E-state index contributed by atoms with van der Waals surface area (Å²) in [5.74, 6) is -0.152. The maximum absolute atomic E-state index is 13.3. The molecule has 31 heavy (non-hydrogen) atoms. The molecule has 0 saturated heterocycles. The van der Waals surface area contributed by atoms with E-state index in [2.05, 4.69) is 10.3 Å². The van der Waals surface area contributed by atoms with Crippen molar-refractivity contribution in [2.75, 3.05) is 5.32 Å². The first-order valence-electron chi connectivity index (χ1n) is 9.40. The Hall–Kier alpha value is -3.16. The van der Waals surface area contributed by atoms with Crippen molar-refractivity contribution in [3.8, 4) is 11.5 Å². The third kappa shape index (κ3) is 4.47. The third-order valence-corrected chi connectivity index (χ3v) is 6.65. The van der Waals surface area contributed by atoms with Crippen molar-refractivity contribution in [3.63, 3.8) is 0 Å². The number of rotatable bonds is 6. The Kier molecular flexibility index (Phi) is 5.80. The molecule has 0 saturated carbocycles. The second-order valence-electron chi connectivity index (χ2n) is 6.91. The van der Waals surface area contributed by atoms with Gasteiger partial charge < -0.3 is 9.73 Å². The largest absolute Gasteiger partial charge is 0.419 e. The fraction of sp³-hybridized carbons (Fsp3) is 0.0870. The Morgan fingerprint density at radius 3 is 2.35 bits per heavy atom. The summed E-state index contributed by atoms with van der Waals surface area (Å²) in [5, 5.41) is 3.19. The molecule has 0 radical (unpaired) electrons. The van der Waals surface area contributed by atoms with Gasteiger partial charge in [-0.25, -0.2) is 12.8 Å². The highest BCUT2D eigenvalue weighted by atomic mass is 35.5. The van der Waals surface area contributed by atoms with E-state index in [0.29, 0.717) is 10.6 Å². The monoisotopic (exact) mass is 456 g/mol. The Bertz CT molecular complexity index is 1320. The van der Waals surface area contributed by atoms with Gasteiger partial charge in [0.15, 0.2) is 0 Å². The quantitative estimate of drug-likeness (QED) is 0.392. The number of hydrogen-bond donors (Lipinski definition) is 1. The van der Waals surface area contributed by atoms with Crippen molar-refractivity contribution in [1.29, 1.82) is 0 Å². The zero-order valence-corrected chi connectivity index (χ0v) is 18.0. The lowest BCUT2D eigenvalue weighted by Crippen LogP contribution is -2.07. The van der Waals surface area contributed by atoms with Crippen LogP contribution < -0.4 is 5.32 Å². The fourth-order valence-corrected chi connectivity index (χ4v) is 4.44. The zero-order valence-electron chi connectivity index (χ0n) is 16.5. The van der Waals surface area contributed by atoms with Crippen LogP contribution in [0, 0.1) is 12.7 Å². The topological polar surface area (TPSA) is 72.2 Å². The molecule has 0 spiro atoms. The van der Waals surface area contributed by atoms with Crippen molar-refractivity contribution >= 4 is 27.3 Å². The number of halogens is 2. The van der Waals surface area contributed by atoms with E-state index in [1.54, 1.807) is 12.1 Å². The molecule has 4 aromatic rings. The van der Waals surface area contributed by atoms with Gasteiger partial charge in [-0.3, -0.25) is 0 Å². The van der Waals surface area contributed by atoms with Crippen LogP contribution in [0.25, 0.3) is 11.5 Å². The summed E-state index contributed by atoms with van der Waals surface area (Å²) in [6.07, 6.45) is 0. The zero-order chi connectivity index (χ0) is 22.0. The number of oxazole rings is 1. The predicted octanol–water partition coefficient (Wildman–Crippen LogP) is 5.89. The minimum atomic E-state index is -3.98. The van der Waals surface area contributed by atoms with Gasteiger partial charge in [0.2, 0.25) is 26.6 Å². The smallest absolute Gasteiger partial charge is 0.234 e. The standard InChI is InChI=1S/C23H18ClFN2O3S/c1-15-4-2-3-5-20(15)21-27-23(31(28,29)19-12-8-17(24)9-13-19)22(30-21)26-14-16-6-10-18(25)11-7-16/h2-13,26H,14H2,1H3. The van der Waals surface area contributed by atoms with Gasteiger partial charge >= 0.3 is 0 Å². The maximum Gasteiger partial charge on any atom is 0.234 e. The highest BCUT2D eigenvalue weighted by Crippen LogP contribution is 2.34. The molecule has 1 heterocycles. The van der Waals surface area contributed by atoms with E-state index in [1.165, 1.54) is 36.4 Å². The van der Waals surface area contributed by atoms with Crippen molar-refractivity contribution in [2.45, 2.75) is 23.4 Å². The van der Waals surface area contributed by atoms with Crippen LogP contribution in [0.2, 0.25) is 5.02 Å². The van der Waals surface area contributed by atoms with E-state index >= 15 is 0 Å². The molecular formula is C23H18ClFN2O3S. The summed E-state index contributed by atoms with van der Waals surface area (Å²) in [4.78, 5) is 4.38. The van der Waals surface area contributed by atoms with E-state index in [0.717, 1.165) is 11.1 Å². The van der Waals surface area contributed by atoms with Gasteiger partial charge in [-0.2, -0.15) is 4.98 Å². The van der Waals surface area contributed by atoms with Crippen molar-refractivity contribution in [1.82, 2.24) is 4.98 Å². The molecule has 1 N–H and O–H groups in total. The van der Waals surface area contributed by atoms with E-state index in [1.807, 2.05) is 31.2 Å². The highest BCUT2D eigenvalue weighted by molar-refractivity contribution is 7.91. The van der Waals surface area contributed by atoms with Crippen molar-refractivity contribution < 1.29 is 17.2 Å². The number of nitrogens with zero attached hydrogens (tertiary/aromatic N) is 1. The molecule has 0 unspecified atom stereocenters. The average molecular weight is 457 g/mol. The Morgan fingerprint density at radius 1 is 1.00 bits per heavy atom. The van der Waals surface area contributed by atoms with Crippen LogP contribution in [0.4, 0.5) is 10.3 Å². The van der Waals surface area contributed by atoms with Crippen LogP contribution in [0.15, 0.2) is 87.1 Å². The molecule has 0 bridgehead atoms. The number of sulfone groups is 1. The van der Waals surface area contributed by atoms with E-state index < -0.39 is 9.84 Å². The maximum atomic E-state index is 13.3. The van der Waals surface area contributed by atoms with E-state index in [9.17, 15) is 12.8 Å². The minimum absolute atomic E-state index is 0.0116. The molecule has 4 rings (SSSR count). The summed E-state index contributed by atoms with van der Waals surface area (Å²) in [7, 11) is -3.98. The number of nitrogens with one attached hydrogen (secondary N) is 1. The fourth-order valence-electron chi connectivity index (χ4n) is 3.04. The molecule has 0 fully saturated rings. The van der Waals surface area contributed by atoms with Gasteiger partial charge in [0.05, 0.1) is 4.90 Å². The molecule has 0 atom stereocenters. The first-order valence-corrected chi connectivity index (χ1v) is 11.3. The number of anilines is 1. The number of hydrogen-bond acceptors (Lipinski definition) is 5. The molecular weight excluding hydrogens is 439 g/mol. The molecule has 0 aliphatic rings. The molecule has 0 amide bonds. The van der Waals surface area contributed by atoms with Crippen LogP contribution in [0.1, 0.15) is 11.1 Å². The van der Waals surface area contributed by atoms with E-state index in [-0.39, 0.29) is 34.1 Å². The highest BCUT2D eigenvalue weighted by Gasteiger charge is 2.29. The van der Waals surface area contributed by atoms with Gasteiger partial charge in [-0.05, 0) is 60.5 Å². The third-order valence-electron chi connectivity index (χ3n) is 4.72. The Labute approximate surface area is 184 Å². The number of benzene rings is 3. The van der Waals surface area contributed by atoms with Crippen LogP contribution in [-0.4, -0.2) is 13.4 Å². The lowest BCUT2D eigenvalue weighted by molar-refractivity contribution is 0.576. The molecule has 158 valence electrons. The molecule has 0 aliphatic carbocycles. The van der Waals surface area contributed by atoms with Crippen LogP contribution in [0.3, 0.4) is 0 Å². The summed E-state index contributed by atoms with van der Waals surface area (Å²) < 4.78 is 45.6.